The highest BCUT2D eigenvalue weighted by Gasteiger charge is 2.25. The number of nitrogens with two attached hydrogens (primary N) is 1. The summed E-state index contributed by atoms with van der Waals surface area (Å²) in [6.07, 6.45) is 0.961. The van der Waals surface area contributed by atoms with Crippen molar-refractivity contribution in [2.24, 2.45) is 0 Å². The lowest BCUT2D eigenvalue weighted by molar-refractivity contribution is 0.147. The fourth-order valence-corrected chi connectivity index (χ4v) is 20.6. The summed E-state index contributed by atoms with van der Waals surface area (Å²) in [6, 6.07) is 81.8. The summed E-state index contributed by atoms with van der Waals surface area (Å²) in [6.45, 7) is 28.0. The molecule has 5 aromatic heterocycles. The molecule has 19 aromatic rings. The fraction of sp³-hybridized carbons (Fsp3) is 0.252. The summed E-state index contributed by atoms with van der Waals surface area (Å²) in [5.41, 5.74) is 29.5. The number of benzene rings is 14. The largest absolute Gasteiger partial charge is 0.508 e. The molecule has 4 saturated heterocycles. The first-order valence-corrected chi connectivity index (χ1v) is 52.4. The van der Waals surface area contributed by atoms with Crippen molar-refractivity contribution >= 4 is 230 Å². The first-order valence-electron chi connectivity index (χ1n) is 49.8. The van der Waals surface area contributed by atoms with E-state index in [2.05, 4.69) is 181 Å². The third-order valence-corrected chi connectivity index (χ3v) is 29.8. The summed E-state index contributed by atoms with van der Waals surface area (Å²) in [7, 11) is 10.2. The monoisotopic (exact) mass is 2110 g/mol. The molecular formula is C119H120Cl7N17O5. The van der Waals surface area contributed by atoms with Crippen LogP contribution in [0.5, 0.6) is 28.7 Å². The number of nitrogens with one attached hydrogen (secondary N) is 3. The average molecular weight is 2120 g/mol. The number of halogens is 7. The van der Waals surface area contributed by atoms with E-state index in [1.54, 1.807) is 37.4 Å². The standard InChI is InChI=1S/C27H29ClN4O.2C26H27ClN4O.C14H9Cl2NO.C14H9Cl2N.C12H19N3O/c1-3-18-4-8-24-23(14-18)27(22-7-5-20(28)16-25(22)30-24)29-21-6-9-26(33)19(15-21)17-32-12-10-31(2)11-13-32;2*1-17-3-7-23-22(13-17)26(21-6-4-19(27)15-24(21)29-23)28-20-5-8-25(32)18(14-20)16-31-11-9-30(2)10-12-31;1-18-9-3-5-12-11(7-9)14(16)10-4-2-8(15)6-13(10)17-12;1-8-2-5-12-11(6-8)14(16)10-4-3-9(15)7-13(10)17-12;1-14-4-6-15(7-5-14)9-10-8-11(13)2-3-12(10)16/h4-9,14-16,33H,3,10-13,17H2,1-2H3,(H,29,30);2*3-8,13-15,32H,9-12,16H2,1-2H3,(H,28,29);2-7H,1H3;2-7H,1H3;2-3,8,16H,4-7,9,13H2,1H3. The number of aromatic nitrogens is 5. The number of methoxy groups -OCH3 is 1. The number of phenolic OH excluding ortho intramolecular Hbond substituents is 4. The molecule has 0 aliphatic carbocycles. The summed E-state index contributed by atoms with van der Waals surface area (Å²) < 4.78 is 5.20. The van der Waals surface area contributed by atoms with Gasteiger partial charge in [-0.15, -0.1) is 0 Å². The molecule has 0 unspecified atom stereocenters. The normalized spacial score (nSPS) is 14.8. The van der Waals surface area contributed by atoms with Crippen LogP contribution in [0.15, 0.2) is 255 Å². The van der Waals surface area contributed by atoms with Gasteiger partial charge in [0, 0.05) is 255 Å². The molecule has 4 fully saturated rings. The Hall–Kier alpha value is -12.7. The van der Waals surface area contributed by atoms with E-state index >= 15 is 0 Å². The van der Waals surface area contributed by atoms with Crippen molar-refractivity contribution in [1.29, 1.82) is 0 Å². The lowest BCUT2D eigenvalue weighted by atomic mass is 10.0. The van der Waals surface area contributed by atoms with Crippen molar-refractivity contribution in [3.63, 3.8) is 0 Å². The maximum atomic E-state index is 10.5. The SMILES string of the molecule is CCc1ccc2nc3cc(Cl)ccc3c(Nc3ccc(O)c(CN4CCN(C)CC4)c3)c2c1.CN1CCN(Cc2cc(N)ccc2O)CC1.COc1ccc2nc3cc(Cl)ccc3c(Cl)c2c1.Cc1ccc2nc3cc(Cl)ccc3c(Cl)c2c1.Cc1ccc2nc3cc(Cl)ccc3c(Nc3ccc(O)c(CN4CCN(C)CC4)c3)c2c1.Cc1ccc2nc3cc(Cl)ccc3c(Nc3ccc(O)c(CN4CCN(C)CC4)c3)c2c1. The number of anilines is 7. The summed E-state index contributed by atoms with van der Waals surface area (Å²) in [5, 5.41) is 66.9. The van der Waals surface area contributed by atoms with Gasteiger partial charge < -0.3 is 66.4 Å². The fourth-order valence-electron chi connectivity index (χ4n) is 19.1. The summed E-state index contributed by atoms with van der Waals surface area (Å²) in [5.74, 6) is 2.11. The number of hydrogen-bond acceptors (Lipinski definition) is 22. The molecule has 0 amide bonds. The van der Waals surface area contributed by atoms with E-state index in [-0.39, 0.29) is 0 Å². The molecular weight excluding hydrogens is 2000 g/mol. The van der Waals surface area contributed by atoms with Gasteiger partial charge in [-0.3, -0.25) is 19.6 Å². The van der Waals surface area contributed by atoms with Crippen LogP contribution in [0.25, 0.3) is 109 Å². The number of aromatic hydroxyl groups is 4. The maximum Gasteiger partial charge on any atom is 0.120 e. The highest BCUT2D eigenvalue weighted by molar-refractivity contribution is 6.42. The van der Waals surface area contributed by atoms with Crippen molar-refractivity contribution in [3.8, 4) is 28.7 Å². The average Bonchev–Trinajstić information content (AvgIpc) is 0.768. The summed E-state index contributed by atoms with van der Waals surface area (Å²) in [4.78, 5) is 42.5. The lowest BCUT2D eigenvalue weighted by Gasteiger charge is -2.32. The highest BCUT2D eigenvalue weighted by atomic mass is 35.5. The van der Waals surface area contributed by atoms with Crippen molar-refractivity contribution in [2.45, 2.75) is 60.3 Å². The quantitative estimate of drug-likeness (QED) is 0.0255. The number of likely N-dealkylation sites (N-methyl/N-ethyl adjacent to an activating group) is 4. The number of aryl methyl sites for hydroxylation is 4. The van der Waals surface area contributed by atoms with Gasteiger partial charge in [0.1, 0.15) is 28.7 Å². The Kier molecular flexibility index (Phi) is 33.7. The van der Waals surface area contributed by atoms with Crippen LogP contribution >= 0.6 is 81.2 Å². The van der Waals surface area contributed by atoms with Gasteiger partial charge in [0.05, 0.1) is 89.4 Å². The third kappa shape index (κ3) is 25.7. The number of piperazine rings is 4. The van der Waals surface area contributed by atoms with Gasteiger partial charge >= 0.3 is 0 Å². The molecule has 0 atom stereocenters. The van der Waals surface area contributed by atoms with E-state index in [9.17, 15) is 20.4 Å². The molecule has 0 bridgehead atoms. The number of rotatable bonds is 16. The molecule has 23 rings (SSSR count). The molecule has 22 nitrogen and oxygen atoms in total. The number of pyridine rings is 5. The number of phenols is 4. The van der Waals surface area contributed by atoms with Crippen LogP contribution in [-0.2, 0) is 32.6 Å². The second-order valence-corrected chi connectivity index (χ2v) is 41.8. The first kappa shape index (κ1) is 105. The van der Waals surface area contributed by atoms with Gasteiger partial charge in [0.15, 0.2) is 0 Å². The van der Waals surface area contributed by atoms with Crippen molar-refractivity contribution < 1.29 is 25.2 Å². The Bertz CT molecular complexity index is 7920. The van der Waals surface area contributed by atoms with Crippen molar-refractivity contribution in [3.05, 3.63) is 334 Å². The smallest absolute Gasteiger partial charge is 0.120 e. The van der Waals surface area contributed by atoms with Crippen LogP contribution in [0.3, 0.4) is 0 Å². The van der Waals surface area contributed by atoms with E-state index in [0.717, 1.165) is 313 Å². The topological polar surface area (TPSA) is 243 Å². The molecule has 0 radical (unpaired) electrons. The first-order chi connectivity index (χ1) is 71.4. The van der Waals surface area contributed by atoms with E-state index in [1.807, 2.05) is 165 Å². The van der Waals surface area contributed by atoms with E-state index in [0.29, 0.717) is 58.8 Å². The van der Waals surface area contributed by atoms with Gasteiger partial charge in [-0.25, -0.2) is 24.9 Å². The van der Waals surface area contributed by atoms with Crippen molar-refractivity contribution in [2.75, 3.05) is 162 Å². The Morgan fingerprint density at radius 1 is 0.277 bits per heavy atom. The molecule has 9 heterocycles. The number of nitrogens with zero attached hydrogens (tertiary/aromatic N) is 13. The molecule has 0 saturated carbocycles. The van der Waals surface area contributed by atoms with Gasteiger partial charge in [-0.2, -0.15) is 0 Å². The van der Waals surface area contributed by atoms with Gasteiger partial charge in [-0.05, 0) is 291 Å². The second-order valence-electron chi connectivity index (χ2n) is 38.9. The minimum Gasteiger partial charge on any atom is -0.508 e. The Morgan fingerprint density at radius 2 is 0.547 bits per heavy atom. The predicted octanol–water partition coefficient (Wildman–Crippen LogP) is 27.3. The van der Waals surface area contributed by atoms with Gasteiger partial charge in [-0.1, -0.05) is 129 Å². The van der Waals surface area contributed by atoms with E-state index in [4.69, 9.17) is 107 Å². The molecule has 29 heteroatoms. The van der Waals surface area contributed by atoms with Gasteiger partial charge in [0.25, 0.3) is 0 Å². The van der Waals surface area contributed by atoms with E-state index < -0.39 is 0 Å². The lowest BCUT2D eigenvalue weighted by Crippen LogP contribution is -2.43. The second kappa shape index (κ2) is 47.5. The van der Waals surface area contributed by atoms with Crippen LogP contribution < -0.4 is 26.4 Å². The molecule has 148 heavy (non-hydrogen) atoms. The zero-order valence-corrected chi connectivity index (χ0v) is 89.6. The van der Waals surface area contributed by atoms with Crippen LogP contribution in [0, 0.1) is 20.8 Å². The van der Waals surface area contributed by atoms with Crippen LogP contribution in [-0.4, -0.2) is 225 Å². The number of nitrogen functional groups attached to an aromatic ring is 1. The number of ether oxygens (including phenoxy) is 1. The van der Waals surface area contributed by atoms with Crippen LogP contribution in [0.1, 0.15) is 51.4 Å². The Labute approximate surface area is 897 Å². The van der Waals surface area contributed by atoms with Crippen LogP contribution in [0.2, 0.25) is 35.2 Å². The van der Waals surface area contributed by atoms with Crippen molar-refractivity contribution in [1.82, 2.24) is 64.1 Å². The van der Waals surface area contributed by atoms with Crippen LogP contribution in [0.4, 0.5) is 39.8 Å². The molecule has 4 aliphatic heterocycles. The maximum absolute atomic E-state index is 10.5. The molecule has 14 aromatic carbocycles. The third-order valence-electron chi connectivity index (χ3n) is 27.8. The molecule has 0 spiro atoms. The molecule has 4 aliphatic rings. The highest BCUT2D eigenvalue weighted by Crippen LogP contribution is 2.43. The predicted molar refractivity (Wildman–Crippen MR) is 619 cm³/mol. The van der Waals surface area contributed by atoms with Gasteiger partial charge in [0.2, 0.25) is 0 Å². The minimum absolute atomic E-state index is 0.335. The zero-order valence-electron chi connectivity index (χ0n) is 84.3. The Morgan fingerprint density at radius 3 is 0.872 bits per heavy atom. The number of hydrogen-bond donors (Lipinski definition) is 8. The van der Waals surface area contributed by atoms with E-state index in [1.165, 1.54) is 22.3 Å². The summed E-state index contributed by atoms with van der Waals surface area (Å²) >= 11 is 43.5. The zero-order chi connectivity index (χ0) is 104. The molecule has 9 N–H and O–H groups in total. The molecule has 760 valence electrons. The minimum atomic E-state index is 0.335. The number of fused-ring (bicyclic) bond motifs is 10. The Balaban J connectivity index is 0.000000119.